The molecule has 2 aromatic carbocycles. The number of carbonyl (C=O) groups excluding carboxylic acids is 2. The number of halogens is 3. The molecule has 8 heteroatoms. The summed E-state index contributed by atoms with van der Waals surface area (Å²) in [5, 5.41) is 2.56. The van der Waals surface area contributed by atoms with Crippen molar-refractivity contribution in [1.29, 1.82) is 0 Å². The molecule has 0 saturated heterocycles. The van der Waals surface area contributed by atoms with Gasteiger partial charge in [0, 0.05) is 5.69 Å². The Kier molecular flexibility index (Phi) is 6.21. The highest BCUT2D eigenvalue weighted by Crippen LogP contribution is 2.31. The van der Waals surface area contributed by atoms with Gasteiger partial charge in [-0.15, -0.1) is 0 Å². The van der Waals surface area contributed by atoms with Crippen LogP contribution in [0.1, 0.15) is 12.5 Å². The zero-order chi connectivity index (χ0) is 19.2. The van der Waals surface area contributed by atoms with Crippen LogP contribution in [0.15, 0.2) is 54.6 Å². The van der Waals surface area contributed by atoms with E-state index in [2.05, 4.69) is 5.32 Å². The Morgan fingerprint density at radius 2 is 1.77 bits per heavy atom. The Hall–Kier alpha value is -3.03. The summed E-state index contributed by atoms with van der Waals surface area (Å²) in [6.07, 6.45) is -5.60. The maximum Gasteiger partial charge on any atom is 0.416 e. The van der Waals surface area contributed by atoms with E-state index < -0.39 is 36.3 Å². The number of benzene rings is 2. The highest BCUT2D eigenvalue weighted by Gasteiger charge is 2.30. The lowest BCUT2D eigenvalue weighted by Gasteiger charge is -2.14. The molecule has 0 unspecified atom stereocenters. The molecule has 0 fully saturated rings. The predicted molar refractivity (Wildman–Crippen MR) is 87.6 cm³/mol. The number of amides is 1. The first-order valence-corrected chi connectivity index (χ1v) is 7.61. The summed E-state index contributed by atoms with van der Waals surface area (Å²) in [5.41, 5.74) is -0.348. The van der Waals surface area contributed by atoms with Gasteiger partial charge in [0.25, 0.3) is 5.91 Å². The molecule has 0 saturated carbocycles. The topological polar surface area (TPSA) is 64.6 Å². The number of anilines is 1. The third-order valence-electron chi connectivity index (χ3n) is 3.24. The van der Waals surface area contributed by atoms with Gasteiger partial charge in [0.1, 0.15) is 5.75 Å². The van der Waals surface area contributed by atoms with Crippen molar-refractivity contribution in [3.05, 3.63) is 60.2 Å². The van der Waals surface area contributed by atoms with Crippen LogP contribution in [0.25, 0.3) is 0 Å². The first-order valence-electron chi connectivity index (χ1n) is 7.61. The maximum atomic E-state index is 12.6. The number of hydrogen-bond acceptors (Lipinski definition) is 4. The van der Waals surface area contributed by atoms with Crippen molar-refractivity contribution in [2.75, 3.05) is 11.9 Å². The number of para-hydroxylation sites is 1. The molecule has 1 amide bonds. The van der Waals surface area contributed by atoms with Crippen LogP contribution in [0.4, 0.5) is 18.9 Å². The van der Waals surface area contributed by atoms with Gasteiger partial charge < -0.3 is 14.8 Å². The summed E-state index contributed by atoms with van der Waals surface area (Å²) in [6, 6.07) is 12.7. The van der Waals surface area contributed by atoms with Crippen LogP contribution >= 0.6 is 0 Å². The second-order valence-corrected chi connectivity index (χ2v) is 5.30. The van der Waals surface area contributed by atoms with Crippen molar-refractivity contribution < 1.29 is 32.2 Å². The van der Waals surface area contributed by atoms with Gasteiger partial charge in [-0.25, -0.2) is 4.79 Å². The average Bonchev–Trinajstić information content (AvgIpc) is 2.60. The Balaban J connectivity index is 1.84. The van der Waals surface area contributed by atoms with Gasteiger partial charge in [0.05, 0.1) is 5.56 Å². The number of rotatable bonds is 6. The van der Waals surface area contributed by atoms with Gasteiger partial charge in [0.15, 0.2) is 12.7 Å². The number of nitrogens with one attached hydrogen (secondary N) is 1. The van der Waals surface area contributed by atoms with Crippen molar-refractivity contribution in [2.45, 2.75) is 19.2 Å². The number of ether oxygens (including phenoxy) is 2. The summed E-state index contributed by atoms with van der Waals surface area (Å²) in [6.45, 7) is 0.755. The molecule has 1 N–H and O–H groups in total. The molecular weight excluding hydrogens is 351 g/mol. The number of alkyl halides is 3. The first-order chi connectivity index (χ1) is 12.3. The van der Waals surface area contributed by atoms with Crippen LogP contribution in [0.3, 0.4) is 0 Å². The van der Waals surface area contributed by atoms with Gasteiger partial charge in [-0.1, -0.05) is 24.3 Å². The lowest BCUT2D eigenvalue weighted by Crippen LogP contribution is -2.31. The number of hydrogen-bond donors (Lipinski definition) is 1. The van der Waals surface area contributed by atoms with E-state index in [1.807, 2.05) is 0 Å². The SMILES string of the molecule is C[C@H](OC(=O)COc1cccc(C(F)(F)F)c1)C(=O)Nc1ccccc1. The number of carbonyl (C=O) groups is 2. The monoisotopic (exact) mass is 367 g/mol. The van der Waals surface area contributed by atoms with Crippen LogP contribution < -0.4 is 10.1 Å². The summed E-state index contributed by atoms with van der Waals surface area (Å²) in [7, 11) is 0. The Morgan fingerprint density at radius 3 is 2.42 bits per heavy atom. The molecule has 5 nitrogen and oxygen atoms in total. The van der Waals surface area contributed by atoms with Crippen molar-refractivity contribution in [2.24, 2.45) is 0 Å². The fourth-order valence-electron chi connectivity index (χ4n) is 1.95. The summed E-state index contributed by atoms with van der Waals surface area (Å²) >= 11 is 0. The molecule has 2 rings (SSSR count). The molecule has 138 valence electrons. The second kappa shape index (κ2) is 8.37. The quantitative estimate of drug-likeness (QED) is 0.792. The molecule has 0 spiro atoms. The van der Waals surface area contributed by atoms with Gasteiger partial charge >= 0.3 is 12.1 Å². The average molecular weight is 367 g/mol. The highest BCUT2D eigenvalue weighted by atomic mass is 19.4. The van der Waals surface area contributed by atoms with Crippen molar-refractivity contribution in [1.82, 2.24) is 0 Å². The van der Waals surface area contributed by atoms with Crippen LogP contribution in [0.2, 0.25) is 0 Å². The smallest absolute Gasteiger partial charge is 0.416 e. The zero-order valence-electron chi connectivity index (χ0n) is 13.7. The van der Waals surface area contributed by atoms with E-state index in [1.54, 1.807) is 30.3 Å². The molecule has 0 aliphatic heterocycles. The van der Waals surface area contributed by atoms with Crippen LogP contribution in [-0.4, -0.2) is 24.6 Å². The van der Waals surface area contributed by atoms with Crippen LogP contribution in [-0.2, 0) is 20.5 Å². The Morgan fingerprint density at radius 1 is 1.08 bits per heavy atom. The van der Waals surface area contributed by atoms with Crippen molar-refractivity contribution >= 4 is 17.6 Å². The third kappa shape index (κ3) is 5.80. The van der Waals surface area contributed by atoms with E-state index in [0.717, 1.165) is 12.1 Å². The summed E-state index contributed by atoms with van der Waals surface area (Å²) in [5.74, 6) is -1.54. The molecule has 2 aromatic rings. The largest absolute Gasteiger partial charge is 0.482 e. The normalized spacial score (nSPS) is 12.2. The molecule has 0 aromatic heterocycles. The molecule has 26 heavy (non-hydrogen) atoms. The van der Waals surface area contributed by atoms with E-state index in [1.165, 1.54) is 19.1 Å². The minimum atomic E-state index is -4.51. The fraction of sp³-hybridized carbons (Fsp3) is 0.222. The molecule has 0 aliphatic rings. The highest BCUT2D eigenvalue weighted by molar-refractivity contribution is 5.95. The lowest BCUT2D eigenvalue weighted by molar-refractivity contribution is -0.155. The molecule has 0 aliphatic carbocycles. The standard InChI is InChI=1S/C18H16F3NO4/c1-12(17(24)22-14-7-3-2-4-8-14)26-16(23)11-25-15-9-5-6-13(10-15)18(19,20)21/h2-10,12H,11H2,1H3,(H,22,24)/t12-/m0/s1. The third-order valence-corrected chi connectivity index (χ3v) is 3.24. The van der Waals surface area contributed by atoms with Crippen LogP contribution in [0.5, 0.6) is 5.75 Å². The van der Waals surface area contributed by atoms with E-state index in [4.69, 9.17) is 9.47 Å². The maximum absolute atomic E-state index is 12.6. The van der Waals surface area contributed by atoms with E-state index in [-0.39, 0.29) is 5.75 Å². The van der Waals surface area contributed by atoms with Crippen molar-refractivity contribution in [3.63, 3.8) is 0 Å². The van der Waals surface area contributed by atoms with Gasteiger partial charge in [0.2, 0.25) is 0 Å². The van der Waals surface area contributed by atoms with E-state index in [0.29, 0.717) is 5.69 Å². The minimum absolute atomic E-state index is 0.127. The lowest BCUT2D eigenvalue weighted by atomic mass is 10.2. The Bertz CT molecular complexity index is 763. The van der Waals surface area contributed by atoms with E-state index >= 15 is 0 Å². The Labute approximate surface area is 147 Å². The second-order valence-electron chi connectivity index (χ2n) is 5.30. The molecule has 1 atom stereocenters. The van der Waals surface area contributed by atoms with Crippen LogP contribution in [0, 0.1) is 0 Å². The molecule has 0 radical (unpaired) electrons. The predicted octanol–water partition coefficient (Wildman–Crippen LogP) is 3.65. The molecule has 0 bridgehead atoms. The fourth-order valence-corrected chi connectivity index (χ4v) is 1.95. The van der Waals surface area contributed by atoms with Gasteiger partial charge in [-0.2, -0.15) is 13.2 Å². The van der Waals surface area contributed by atoms with Gasteiger partial charge in [-0.05, 0) is 37.3 Å². The summed E-state index contributed by atoms with van der Waals surface area (Å²) in [4.78, 5) is 23.6. The van der Waals surface area contributed by atoms with Crippen molar-refractivity contribution in [3.8, 4) is 5.75 Å². The molecule has 0 heterocycles. The van der Waals surface area contributed by atoms with Gasteiger partial charge in [-0.3, -0.25) is 4.79 Å². The summed E-state index contributed by atoms with van der Waals surface area (Å²) < 4.78 is 47.7. The van der Waals surface area contributed by atoms with E-state index in [9.17, 15) is 22.8 Å². The minimum Gasteiger partial charge on any atom is -0.482 e. The zero-order valence-corrected chi connectivity index (χ0v) is 13.7. The number of esters is 1. The first kappa shape index (κ1) is 19.3. The molecular formula is C18H16F3NO4.